The van der Waals surface area contributed by atoms with Crippen LogP contribution in [-0.4, -0.2) is 62.7 Å². The lowest BCUT2D eigenvalue weighted by Crippen LogP contribution is -2.46. The van der Waals surface area contributed by atoms with Crippen LogP contribution in [0.15, 0.2) is 59.7 Å². The summed E-state index contributed by atoms with van der Waals surface area (Å²) in [6.45, 7) is 10.1. The third kappa shape index (κ3) is 5.87. The van der Waals surface area contributed by atoms with Crippen LogP contribution < -0.4 is 25.0 Å². The molecule has 2 N–H and O–H groups in total. The van der Waals surface area contributed by atoms with Crippen molar-refractivity contribution in [2.45, 2.75) is 12.8 Å². The number of nitrogens with one attached hydrogen (secondary N) is 2. The maximum atomic E-state index is 15.6. The van der Waals surface area contributed by atoms with Gasteiger partial charge in [0, 0.05) is 43.3 Å². The van der Waals surface area contributed by atoms with Crippen molar-refractivity contribution < 1.29 is 36.2 Å². The summed E-state index contributed by atoms with van der Waals surface area (Å²) >= 11 is 0. The molecule has 0 unspecified atom stereocenters. The second kappa shape index (κ2) is 12.4. The van der Waals surface area contributed by atoms with Crippen LogP contribution in [0.4, 0.5) is 40.4 Å². The molecule has 5 rings (SSSR count). The Balaban J connectivity index is 1.46. The van der Waals surface area contributed by atoms with Crippen LogP contribution in [0, 0.1) is 11.6 Å². The SMILES string of the molecule is C=CC(=O)Nc1cc(N2CCN(CC)CC2)ccc1Nc1cc2cc(C(F)(F)c3c(F)c(OC)cc(OC)c3F)oc2cn1. The zero-order valence-electron chi connectivity index (χ0n) is 24.3. The van der Waals surface area contributed by atoms with Gasteiger partial charge < -0.3 is 34.3 Å². The summed E-state index contributed by atoms with van der Waals surface area (Å²) in [6, 6.07) is 8.79. The number of amides is 1. The normalized spacial score (nSPS) is 14.0. The number of benzene rings is 2. The van der Waals surface area contributed by atoms with Crippen molar-refractivity contribution in [3.8, 4) is 11.5 Å². The molecule has 0 radical (unpaired) electrons. The summed E-state index contributed by atoms with van der Waals surface area (Å²) < 4.78 is 75.9. The average Bonchev–Trinajstić information content (AvgIpc) is 3.46. The zero-order valence-corrected chi connectivity index (χ0v) is 24.3. The Kier molecular flexibility index (Phi) is 8.68. The van der Waals surface area contributed by atoms with E-state index < -0.39 is 46.3 Å². The minimum absolute atomic E-state index is 0.0392. The van der Waals surface area contributed by atoms with Crippen LogP contribution in [0.3, 0.4) is 0 Å². The molecule has 9 nitrogen and oxygen atoms in total. The number of furan rings is 1. The molecule has 2 aromatic carbocycles. The Bertz CT molecular complexity index is 1670. The molecule has 0 spiro atoms. The summed E-state index contributed by atoms with van der Waals surface area (Å²) in [5.74, 6) is -9.81. The highest BCUT2D eigenvalue weighted by Gasteiger charge is 2.45. The first-order valence-corrected chi connectivity index (χ1v) is 13.8. The molecule has 0 aliphatic carbocycles. The van der Waals surface area contributed by atoms with Crippen molar-refractivity contribution >= 4 is 39.8 Å². The number of nitrogens with zero attached hydrogens (tertiary/aromatic N) is 3. The molecule has 13 heteroatoms. The summed E-state index contributed by atoms with van der Waals surface area (Å²) in [5, 5.41) is 6.08. The maximum Gasteiger partial charge on any atom is 0.335 e. The molecule has 0 saturated carbocycles. The number of alkyl halides is 2. The second-order valence-electron chi connectivity index (χ2n) is 10.0. The quantitative estimate of drug-likeness (QED) is 0.160. The topological polar surface area (TPSA) is 92.1 Å². The van der Waals surface area contributed by atoms with E-state index in [9.17, 15) is 13.6 Å². The van der Waals surface area contributed by atoms with Crippen molar-refractivity contribution in [2.75, 3.05) is 62.5 Å². The number of likely N-dealkylation sites (N-methyl/N-ethyl adjacent to an activating group) is 1. The van der Waals surface area contributed by atoms with Crippen LogP contribution in [0.5, 0.6) is 11.5 Å². The van der Waals surface area contributed by atoms with E-state index in [0.717, 1.165) is 70.8 Å². The summed E-state index contributed by atoms with van der Waals surface area (Å²) in [6.07, 6.45) is 2.36. The fraction of sp³-hybridized carbons (Fsp3) is 0.290. The molecular formula is C31H31F4N5O4. The van der Waals surface area contributed by atoms with E-state index in [1.165, 1.54) is 12.3 Å². The number of halogens is 4. The molecular weight excluding hydrogens is 582 g/mol. The lowest BCUT2D eigenvalue weighted by atomic mass is 10.0. The first kappa shape index (κ1) is 30.7. The predicted octanol–water partition coefficient (Wildman–Crippen LogP) is 6.27. The number of carbonyl (C=O) groups excluding carboxylic acids is 1. The Morgan fingerprint density at radius 2 is 1.73 bits per heavy atom. The van der Waals surface area contributed by atoms with Crippen molar-refractivity contribution in [3.05, 3.63) is 78.2 Å². The van der Waals surface area contributed by atoms with Crippen LogP contribution in [0.25, 0.3) is 11.0 Å². The molecule has 1 amide bonds. The van der Waals surface area contributed by atoms with Gasteiger partial charge in [0.25, 0.3) is 0 Å². The van der Waals surface area contributed by atoms with Crippen molar-refractivity contribution in [2.24, 2.45) is 0 Å². The highest BCUT2D eigenvalue weighted by Crippen LogP contribution is 2.45. The van der Waals surface area contributed by atoms with Crippen LogP contribution in [-0.2, 0) is 10.7 Å². The van der Waals surface area contributed by atoms with E-state index in [0.29, 0.717) is 11.4 Å². The van der Waals surface area contributed by atoms with E-state index >= 15 is 8.78 Å². The third-order valence-electron chi connectivity index (χ3n) is 7.50. The van der Waals surface area contributed by atoms with Crippen LogP contribution in [0.1, 0.15) is 18.2 Å². The fourth-order valence-electron chi connectivity index (χ4n) is 5.04. The van der Waals surface area contributed by atoms with Gasteiger partial charge >= 0.3 is 5.92 Å². The second-order valence-corrected chi connectivity index (χ2v) is 10.0. The molecule has 1 aliphatic rings. The number of fused-ring (bicyclic) bond motifs is 1. The molecule has 1 aliphatic heterocycles. The Morgan fingerprint density at radius 1 is 1.05 bits per heavy atom. The number of hydrogen-bond acceptors (Lipinski definition) is 8. The van der Waals surface area contributed by atoms with E-state index in [-0.39, 0.29) is 16.8 Å². The molecule has 2 aromatic heterocycles. The van der Waals surface area contributed by atoms with Crippen LogP contribution in [0.2, 0.25) is 0 Å². The number of aromatic nitrogens is 1. The largest absolute Gasteiger partial charge is 0.494 e. The Labute approximate surface area is 251 Å². The fourth-order valence-corrected chi connectivity index (χ4v) is 5.04. The van der Waals surface area contributed by atoms with Gasteiger partial charge in [0.2, 0.25) is 5.91 Å². The van der Waals surface area contributed by atoms with Gasteiger partial charge in [0.1, 0.15) is 11.4 Å². The van der Waals surface area contributed by atoms with Gasteiger partial charge in [-0.2, -0.15) is 8.78 Å². The van der Waals surface area contributed by atoms with Crippen molar-refractivity contribution in [1.82, 2.24) is 9.88 Å². The number of ether oxygens (including phenoxy) is 2. The van der Waals surface area contributed by atoms with Gasteiger partial charge in [0.05, 0.1) is 31.8 Å². The van der Waals surface area contributed by atoms with Gasteiger partial charge in [-0.25, -0.2) is 13.8 Å². The summed E-state index contributed by atoms with van der Waals surface area (Å²) in [7, 11) is 2.13. The molecule has 4 aromatic rings. The number of piperazine rings is 1. The third-order valence-corrected chi connectivity index (χ3v) is 7.50. The highest BCUT2D eigenvalue weighted by molar-refractivity contribution is 6.02. The van der Waals surface area contributed by atoms with Gasteiger partial charge in [-0.05, 0) is 43.0 Å². The molecule has 44 heavy (non-hydrogen) atoms. The molecule has 3 heterocycles. The lowest BCUT2D eigenvalue weighted by molar-refractivity contribution is -0.111. The number of rotatable bonds is 10. The number of methoxy groups -OCH3 is 2. The van der Waals surface area contributed by atoms with E-state index in [1.54, 1.807) is 6.07 Å². The summed E-state index contributed by atoms with van der Waals surface area (Å²) in [5.41, 5.74) is 0.263. The number of pyridine rings is 1. The van der Waals surface area contributed by atoms with Crippen molar-refractivity contribution in [1.29, 1.82) is 0 Å². The number of hydrogen-bond donors (Lipinski definition) is 2. The number of carbonyl (C=O) groups is 1. The highest BCUT2D eigenvalue weighted by atomic mass is 19.3. The minimum Gasteiger partial charge on any atom is -0.494 e. The molecule has 0 atom stereocenters. The Hall–Kier alpha value is -4.78. The Morgan fingerprint density at radius 3 is 2.34 bits per heavy atom. The van der Waals surface area contributed by atoms with E-state index in [4.69, 9.17) is 13.9 Å². The standard InChI is InChI=1S/C31H31F4N5O4/c1-5-27(41)38-21-15-19(40-11-9-39(6-2)10-12-40)7-8-20(21)37-26-14-18-13-25(44-24(18)17-36-26)31(34,35)28-29(32)22(42-3)16-23(43-4)30(28)33/h5,7-8,13-17H,1,6,9-12H2,2-4H3,(H,36,37)(H,38,41). The first-order valence-electron chi connectivity index (χ1n) is 13.8. The molecule has 1 fully saturated rings. The maximum absolute atomic E-state index is 15.6. The molecule has 0 bridgehead atoms. The van der Waals surface area contributed by atoms with E-state index in [1.807, 2.05) is 12.1 Å². The van der Waals surface area contributed by atoms with Crippen LogP contribution >= 0.6 is 0 Å². The number of anilines is 4. The van der Waals surface area contributed by atoms with Gasteiger partial charge in [-0.1, -0.05) is 13.5 Å². The van der Waals surface area contributed by atoms with Crippen molar-refractivity contribution in [3.63, 3.8) is 0 Å². The molecule has 1 saturated heterocycles. The van der Waals surface area contributed by atoms with Gasteiger partial charge in [0.15, 0.2) is 34.5 Å². The molecule has 232 valence electrons. The minimum atomic E-state index is -4.23. The van der Waals surface area contributed by atoms with Gasteiger partial charge in [-0.3, -0.25) is 4.79 Å². The smallest absolute Gasteiger partial charge is 0.335 e. The monoisotopic (exact) mass is 613 g/mol. The predicted molar refractivity (Wildman–Crippen MR) is 159 cm³/mol. The lowest BCUT2D eigenvalue weighted by Gasteiger charge is -2.35. The zero-order chi connectivity index (χ0) is 31.6. The van der Waals surface area contributed by atoms with E-state index in [2.05, 4.69) is 38.9 Å². The first-order chi connectivity index (χ1) is 21.1. The van der Waals surface area contributed by atoms with Gasteiger partial charge in [-0.15, -0.1) is 0 Å². The summed E-state index contributed by atoms with van der Waals surface area (Å²) in [4.78, 5) is 21.0. The average molecular weight is 614 g/mol.